The van der Waals surface area contributed by atoms with Gasteiger partial charge in [0.2, 0.25) is 0 Å². The van der Waals surface area contributed by atoms with Crippen molar-refractivity contribution in [3.8, 4) is 0 Å². The summed E-state index contributed by atoms with van der Waals surface area (Å²) in [6.45, 7) is -0.780. The van der Waals surface area contributed by atoms with Crippen molar-refractivity contribution in [3.63, 3.8) is 0 Å². The first-order valence-corrected chi connectivity index (χ1v) is 10.2. The van der Waals surface area contributed by atoms with Crippen molar-refractivity contribution in [1.29, 1.82) is 0 Å². The van der Waals surface area contributed by atoms with Gasteiger partial charge in [-0.3, -0.25) is 9.05 Å². The predicted octanol–water partition coefficient (Wildman–Crippen LogP) is -1.64. The first-order valence-electron chi connectivity index (χ1n) is 5.74. The molecule has 1 saturated heterocycles. The van der Waals surface area contributed by atoms with Gasteiger partial charge in [-0.1, -0.05) is 0 Å². The highest BCUT2D eigenvalue weighted by molar-refractivity contribution is 7.66. The van der Waals surface area contributed by atoms with E-state index < -0.39 is 54.6 Å². The Balaban J connectivity index is 2.61. The predicted molar refractivity (Wildman–Crippen MR) is 71.4 cm³/mol. The van der Waals surface area contributed by atoms with Crippen LogP contribution in [0.4, 0.5) is 0 Å². The Kier molecular flexibility index (Phi) is 7.08. The Hall–Kier alpha value is 0.250. The minimum Gasteiger partial charge on any atom is -0.389 e. The van der Waals surface area contributed by atoms with Crippen LogP contribution in [0, 0.1) is 0 Å². The van der Waals surface area contributed by atoms with Gasteiger partial charge in [-0.05, 0) is 0 Å². The average Bonchev–Trinajstić information content (AvgIpc) is 2.61. The van der Waals surface area contributed by atoms with Gasteiger partial charge in [-0.2, -0.15) is 8.62 Å². The van der Waals surface area contributed by atoms with E-state index in [0.29, 0.717) is 7.11 Å². The van der Waals surface area contributed by atoms with E-state index in [-0.39, 0.29) is 0 Å². The van der Waals surface area contributed by atoms with Gasteiger partial charge >= 0.3 is 23.5 Å². The molecular weight excluding hydrogens is 385 g/mol. The summed E-state index contributed by atoms with van der Waals surface area (Å²) in [5.41, 5.74) is 10.8. The van der Waals surface area contributed by atoms with E-state index in [1.165, 1.54) is 0 Å². The van der Waals surface area contributed by atoms with Gasteiger partial charge in [0.05, 0.1) is 12.6 Å². The van der Waals surface area contributed by atoms with Crippen LogP contribution in [0.3, 0.4) is 0 Å². The number of hydrogen-bond acceptors (Lipinski definition) is 11. The highest BCUT2D eigenvalue weighted by atomic mass is 31.3. The van der Waals surface area contributed by atoms with Crippen LogP contribution in [0.1, 0.15) is 0 Å². The van der Waals surface area contributed by atoms with E-state index in [9.17, 15) is 23.7 Å². The van der Waals surface area contributed by atoms with Crippen LogP contribution in [0.2, 0.25) is 0 Å². The third-order valence-electron chi connectivity index (χ3n) is 2.53. The third-order valence-corrected chi connectivity index (χ3v) is 6.77. The minimum absolute atomic E-state index is 0.682. The molecule has 0 aromatic rings. The average molecular weight is 402 g/mol. The molecule has 0 aromatic carbocycles. The second kappa shape index (κ2) is 7.65. The highest BCUT2D eigenvalue weighted by Gasteiger charge is 2.44. The van der Waals surface area contributed by atoms with Gasteiger partial charge < -0.3 is 36.0 Å². The molecule has 0 aliphatic carbocycles. The molecule has 1 aliphatic heterocycles. The summed E-state index contributed by atoms with van der Waals surface area (Å²) in [4.78, 5) is 27.3. The zero-order valence-electron chi connectivity index (χ0n) is 11.6. The Morgan fingerprint density at radius 1 is 1.04 bits per heavy atom. The van der Waals surface area contributed by atoms with Crippen LogP contribution in [0.5, 0.6) is 0 Å². The maximum Gasteiger partial charge on any atom is 0.490 e. The van der Waals surface area contributed by atoms with E-state index in [1.807, 2.05) is 0 Å². The van der Waals surface area contributed by atoms with Crippen LogP contribution in [-0.4, -0.2) is 58.0 Å². The van der Waals surface area contributed by atoms with E-state index >= 15 is 0 Å². The highest BCUT2D eigenvalue weighted by Crippen LogP contribution is 2.67. The molecule has 0 aromatic heterocycles. The van der Waals surface area contributed by atoms with Crippen molar-refractivity contribution in [2.24, 2.45) is 11.5 Å². The second-order valence-electron chi connectivity index (χ2n) is 4.25. The Bertz CT molecular complexity index is 557. The molecule has 0 spiro atoms. The van der Waals surface area contributed by atoms with Crippen LogP contribution < -0.4 is 11.5 Å². The van der Waals surface area contributed by atoms with Crippen molar-refractivity contribution in [2.45, 2.75) is 24.5 Å². The number of aliphatic hydroxyl groups is 1. The van der Waals surface area contributed by atoms with Crippen molar-refractivity contribution < 1.29 is 55.9 Å². The minimum atomic E-state index is -5.48. The number of rotatable bonds is 8. The molecule has 1 heterocycles. The summed E-state index contributed by atoms with van der Waals surface area (Å²) < 4.78 is 54.4. The monoisotopic (exact) mass is 402 g/mol. The number of phosphoric acid groups is 3. The van der Waals surface area contributed by atoms with Crippen LogP contribution in [0.15, 0.2) is 0 Å². The topological polar surface area (TPSA) is 230 Å². The van der Waals surface area contributed by atoms with Gasteiger partial charge in [0.15, 0.2) is 0 Å². The fourth-order valence-electron chi connectivity index (χ4n) is 1.45. The molecule has 0 amide bonds. The van der Waals surface area contributed by atoms with Crippen LogP contribution in [0.25, 0.3) is 0 Å². The molecule has 0 saturated carbocycles. The Labute approximate surface area is 130 Å². The molecule has 7 atom stereocenters. The normalized spacial score (nSPS) is 36.1. The standard InChI is InChI=1S/C6H17N2O12P3/c1-16-21(10,11)19-23(14,15)20-22(12,13)17-2-3-5(9)4(7)6(8)18-3/h3-6,9H,2,7-8H2,1H3,(H,10,11)(H,12,13)(H,14,15)/t3-,4+,5+,6-/m1/s1. The van der Waals surface area contributed by atoms with Gasteiger partial charge in [-0.25, -0.2) is 13.7 Å². The fraction of sp³-hybridized carbons (Fsp3) is 1.00. The smallest absolute Gasteiger partial charge is 0.389 e. The Morgan fingerprint density at radius 3 is 2.00 bits per heavy atom. The van der Waals surface area contributed by atoms with Crippen LogP contribution in [-0.2, 0) is 36.1 Å². The molecule has 0 bridgehead atoms. The molecule has 23 heavy (non-hydrogen) atoms. The summed E-state index contributed by atoms with van der Waals surface area (Å²) in [5, 5.41) is 9.60. The zero-order chi connectivity index (χ0) is 18.1. The number of hydrogen-bond donors (Lipinski definition) is 6. The maximum absolute atomic E-state index is 11.5. The fourth-order valence-corrected chi connectivity index (χ4v) is 4.72. The number of nitrogens with two attached hydrogens (primary N) is 2. The SMILES string of the molecule is COP(=O)(O)OP(=O)(O)OP(=O)(O)OC[C@H]1O[C@@H](N)[C@@H](N)[C@H]1O. The lowest BCUT2D eigenvalue weighted by molar-refractivity contribution is -0.0196. The summed E-state index contributed by atoms with van der Waals surface area (Å²) >= 11 is 0. The Morgan fingerprint density at radius 2 is 1.57 bits per heavy atom. The van der Waals surface area contributed by atoms with Crippen molar-refractivity contribution in [3.05, 3.63) is 0 Å². The summed E-state index contributed by atoms with van der Waals surface area (Å²) in [6.07, 6.45) is -3.58. The molecule has 0 radical (unpaired) electrons. The summed E-state index contributed by atoms with van der Waals surface area (Å²) in [7, 11) is -15.0. The lowest BCUT2D eigenvalue weighted by Gasteiger charge is -2.19. The number of aliphatic hydroxyl groups excluding tert-OH is 1. The molecule has 1 rings (SSSR count). The summed E-state index contributed by atoms with van der Waals surface area (Å²) in [6, 6.07) is -0.975. The van der Waals surface area contributed by atoms with E-state index in [4.69, 9.17) is 26.0 Å². The van der Waals surface area contributed by atoms with Crippen molar-refractivity contribution >= 4 is 23.5 Å². The van der Waals surface area contributed by atoms with E-state index in [1.54, 1.807) is 0 Å². The lowest BCUT2D eigenvalue weighted by atomic mass is 10.1. The lowest BCUT2D eigenvalue weighted by Crippen LogP contribution is -2.44. The third kappa shape index (κ3) is 6.58. The quantitative estimate of drug-likeness (QED) is 0.250. The van der Waals surface area contributed by atoms with E-state index in [2.05, 4.69) is 17.7 Å². The van der Waals surface area contributed by atoms with Crippen LogP contribution >= 0.6 is 23.5 Å². The van der Waals surface area contributed by atoms with Gasteiger partial charge in [0.1, 0.15) is 18.4 Å². The second-order valence-corrected chi connectivity index (χ2v) is 9.00. The maximum atomic E-state index is 11.5. The largest absolute Gasteiger partial charge is 0.490 e. The number of phosphoric ester groups is 2. The molecule has 8 N–H and O–H groups in total. The summed E-state index contributed by atoms with van der Waals surface area (Å²) in [5.74, 6) is 0. The van der Waals surface area contributed by atoms with Gasteiger partial charge in [0.25, 0.3) is 0 Å². The molecule has 1 aliphatic rings. The van der Waals surface area contributed by atoms with Crippen molar-refractivity contribution in [2.75, 3.05) is 13.7 Å². The molecule has 14 nitrogen and oxygen atoms in total. The zero-order valence-corrected chi connectivity index (χ0v) is 14.3. The van der Waals surface area contributed by atoms with E-state index in [0.717, 1.165) is 0 Å². The van der Waals surface area contributed by atoms with Gasteiger partial charge in [0, 0.05) is 7.11 Å². The molecule has 138 valence electrons. The molecular formula is C6H17N2O12P3. The van der Waals surface area contributed by atoms with Gasteiger partial charge in [-0.15, -0.1) is 0 Å². The first-order chi connectivity index (χ1) is 10.3. The number of ether oxygens (including phenoxy) is 1. The molecule has 3 unspecified atom stereocenters. The first kappa shape index (κ1) is 21.3. The van der Waals surface area contributed by atoms with Crippen molar-refractivity contribution in [1.82, 2.24) is 0 Å². The molecule has 17 heteroatoms. The molecule has 1 fully saturated rings.